The van der Waals surface area contributed by atoms with E-state index in [1.807, 2.05) is 31.2 Å². The fraction of sp³-hybridized carbons (Fsp3) is 0.118. The predicted molar refractivity (Wildman–Crippen MR) is 86.2 cm³/mol. The number of carbonyl (C=O) groups excluding carboxylic acids is 1. The van der Waals surface area contributed by atoms with E-state index >= 15 is 0 Å². The minimum absolute atomic E-state index is 0.0898. The van der Waals surface area contributed by atoms with Gasteiger partial charge in [0, 0.05) is 22.9 Å². The van der Waals surface area contributed by atoms with E-state index in [0.29, 0.717) is 17.2 Å². The minimum atomic E-state index is -0.0898. The second kappa shape index (κ2) is 7.50. The van der Waals surface area contributed by atoms with E-state index in [4.69, 9.17) is 16.3 Å². The molecule has 0 saturated heterocycles. The van der Waals surface area contributed by atoms with Crippen LogP contribution < -0.4 is 10.1 Å². The fourth-order valence-electron chi connectivity index (χ4n) is 1.78. The first-order valence-electron chi connectivity index (χ1n) is 6.65. The SMILES string of the molecule is CCOc1ccccc1N/C=C\C(=O)c1ccc(Cl)cc1. The van der Waals surface area contributed by atoms with Crippen molar-refractivity contribution >= 4 is 23.1 Å². The number of rotatable bonds is 6. The number of para-hydroxylation sites is 2. The maximum Gasteiger partial charge on any atom is 0.187 e. The van der Waals surface area contributed by atoms with Crippen molar-refractivity contribution in [1.82, 2.24) is 0 Å². The molecule has 3 nitrogen and oxygen atoms in total. The lowest BCUT2D eigenvalue weighted by molar-refractivity contribution is 0.104. The molecule has 0 aromatic heterocycles. The van der Waals surface area contributed by atoms with Gasteiger partial charge in [0.05, 0.1) is 12.3 Å². The van der Waals surface area contributed by atoms with Crippen molar-refractivity contribution in [3.05, 3.63) is 71.4 Å². The number of nitrogens with one attached hydrogen (secondary N) is 1. The second-order valence-electron chi connectivity index (χ2n) is 4.28. The van der Waals surface area contributed by atoms with E-state index in [1.165, 1.54) is 6.08 Å². The highest BCUT2D eigenvalue weighted by Gasteiger charge is 2.02. The van der Waals surface area contributed by atoms with Crippen molar-refractivity contribution in [2.75, 3.05) is 11.9 Å². The van der Waals surface area contributed by atoms with Gasteiger partial charge in [-0.05, 0) is 43.3 Å². The summed E-state index contributed by atoms with van der Waals surface area (Å²) in [5.41, 5.74) is 1.41. The Morgan fingerprint density at radius 3 is 2.62 bits per heavy atom. The number of ketones is 1. The average molecular weight is 302 g/mol. The van der Waals surface area contributed by atoms with Crippen LogP contribution in [-0.4, -0.2) is 12.4 Å². The molecule has 2 rings (SSSR count). The Kier molecular flexibility index (Phi) is 5.41. The summed E-state index contributed by atoms with van der Waals surface area (Å²) < 4.78 is 5.50. The maximum atomic E-state index is 12.0. The van der Waals surface area contributed by atoms with Crippen LogP contribution in [0.25, 0.3) is 0 Å². The van der Waals surface area contributed by atoms with Crippen molar-refractivity contribution in [3.63, 3.8) is 0 Å². The third-order valence-corrected chi connectivity index (χ3v) is 3.04. The van der Waals surface area contributed by atoms with Gasteiger partial charge in [0.1, 0.15) is 5.75 Å². The monoisotopic (exact) mass is 301 g/mol. The van der Waals surface area contributed by atoms with E-state index < -0.39 is 0 Å². The van der Waals surface area contributed by atoms with Crippen LogP contribution in [0.4, 0.5) is 5.69 Å². The largest absolute Gasteiger partial charge is 0.492 e. The van der Waals surface area contributed by atoms with Crippen molar-refractivity contribution in [2.45, 2.75) is 6.92 Å². The van der Waals surface area contributed by atoms with E-state index in [1.54, 1.807) is 30.5 Å². The Morgan fingerprint density at radius 2 is 1.90 bits per heavy atom. The number of hydrogen-bond donors (Lipinski definition) is 1. The van der Waals surface area contributed by atoms with Crippen molar-refractivity contribution in [1.29, 1.82) is 0 Å². The molecule has 0 spiro atoms. The molecule has 108 valence electrons. The summed E-state index contributed by atoms with van der Waals surface area (Å²) in [4.78, 5) is 12.0. The van der Waals surface area contributed by atoms with Crippen LogP contribution in [0.2, 0.25) is 5.02 Å². The van der Waals surface area contributed by atoms with Gasteiger partial charge in [0.25, 0.3) is 0 Å². The summed E-state index contributed by atoms with van der Waals surface area (Å²) in [7, 11) is 0. The number of hydrogen-bond acceptors (Lipinski definition) is 3. The summed E-state index contributed by atoms with van der Waals surface area (Å²) in [6.07, 6.45) is 3.08. The van der Waals surface area contributed by atoms with Crippen LogP contribution in [0.1, 0.15) is 17.3 Å². The molecule has 0 bridgehead atoms. The van der Waals surface area contributed by atoms with E-state index in [9.17, 15) is 4.79 Å². The molecule has 0 radical (unpaired) electrons. The van der Waals surface area contributed by atoms with Crippen LogP contribution in [0.5, 0.6) is 5.75 Å². The van der Waals surface area contributed by atoms with Gasteiger partial charge in [0.15, 0.2) is 5.78 Å². The first-order valence-corrected chi connectivity index (χ1v) is 7.03. The van der Waals surface area contributed by atoms with Crippen LogP contribution in [0, 0.1) is 0 Å². The Bertz CT molecular complexity index is 635. The predicted octanol–water partition coefficient (Wildman–Crippen LogP) is 4.55. The summed E-state index contributed by atoms with van der Waals surface area (Å²) in [6, 6.07) is 14.4. The highest BCUT2D eigenvalue weighted by molar-refractivity contribution is 6.30. The van der Waals surface area contributed by atoms with Crippen molar-refractivity contribution in [3.8, 4) is 5.75 Å². The standard InChI is InChI=1S/C17H16ClNO2/c1-2-21-17-6-4-3-5-15(17)19-12-11-16(20)13-7-9-14(18)10-8-13/h3-12,19H,2H2,1H3/b12-11-. The summed E-state index contributed by atoms with van der Waals surface area (Å²) in [6.45, 7) is 2.52. The van der Waals surface area contributed by atoms with Crippen LogP contribution in [0.3, 0.4) is 0 Å². The highest BCUT2D eigenvalue weighted by atomic mass is 35.5. The Balaban J connectivity index is 2.02. The average Bonchev–Trinajstić information content (AvgIpc) is 2.50. The normalized spacial score (nSPS) is 10.6. The molecule has 2 aromatic carbocycles. The van der Waals surface area contributed by atoms with Crippen LogP contribution in [-0.2, 0) is 0 Å². The summed E-state index contributed by atoms with van der Waals surface area (Å²) in [5.74, 6) is 0.664. The van der Waals surface area contributed by atoms with Gasteiger partial charge in [-0.1, -0.05) is 23.7 Å². The molecule has 0 amide bonds. The lowest BCUT2D eigenvalue weighted by Crippen LogP contribution is -1.98. The number of carbonyl (C=O) groups is 1. The molecule has 0 aliphatic carbocycles. The molecule has 0 saturated carbocycles. The van der Waals surface area contributed by atoms with Crippen LogP contribution >= 0.6 is 11.6 Å². The molecule has 0 fully saturated rings. The third kappa shape index (κ3) is 4.36. The lowest BCUT2D eigenvalue weighted by atomic mass is 10.1. The van der Waals surface area contributed by atoms with Gasteiger partial charge in [-0.3, -0.25) is 4.79 Å². The third-order valence-electron chi connectivity index (χ3n) is 2.79. The van der Waals surface area contributed by atoms with Crippen molar-refractivity contribution in [2.24, 2.45) is 0 Å². The number of benzene rings is 2. The molecule has 2 aromatic rings. The molecule has 0 atom stereocenters. The van der Waals surface area contributed by atoms with Gasteiger partial charge in [-0.15, -0.1) is 0 Å². The van der Waals surface area contributed by atoms with Crippen molar-refractivity contribution < 1.29 is 9.53 Å². The molecular weight excluding hydrogens is 286 g/mol. The van der Waals surface area contributed by atoms with E-state index in [-0.39, 0.29) is 5.78 Å². The van der Waals surface area contributed by atoms with Gasteiger partial charge in [-0.25, -0.2) is 0 Å². The molecule has 0 heterocycles. The topological polar surface area (TPSA) is 38.3 Å². The maximum absolute atomic E-state index is 12.0. The van der Waals surface area contributed by atoms with Gasteiger partial charge < -0.3 is 10.1 Å². The number of ether oxygens (including phenoxy) is 1. The fourth-order valence-corrected chi connectivity index (χ4v) is 1.91. The number of anilines is 1. The zero-order chi connectivity index (χ0) is 15.1. The van der Waals surface area contributed by atoms with Gasteiger partial charge in [-0.2, -0.15) is 0 Å². The summed E-state index contributed by atoms with van der Waals surface area (Å²) >= 11 is 5.79. The molecule has 0 aliphatic rings. The Morgan fingerprint density at radius 1 is 1.19 bits per heavy atom. The zero-order valence-corrected chi connectivity index (χ0v) is 12.4. The molecule has 0 unspecified atom stereocenters. The first-order chi connectivity index (χ1) is 10.2. The molecule has 0 aliphatic heterocycles. The van der Waals surface area contributed by atoms with Crippen LogP contribution in [0.15, 0.2) is 60.8 Å². The molecular formula is C17H16ClNO2. The molecule has 1 N–H and O–H groups in total. The minimum Gasteiger partial charge on any atom is -0.492 e. The smallest absolute Gasteiger partial charge is 0.187 e. The van der Waals surface area contributed by atoms with Gasteiger partial charge in [0.2, 0.25) is 0 Å². The number of halogens is 1. The zero-order valence-electron chi connectivity index (χ0n) is 11.7. The molecule has 21 heavy (non-hydrogen) atoms. The summed E-state index contributed by atoms with van der Waals surface area (Å²) in [5, 5.41) is 3.67. The number of allylic oxidation sites excluding steroid dienone is 1. The Hall–Kier alpha value is -2.26. The second-order valence-corrected chi connectivity index (χ2v) is 4.71. The quantitative estimate of drug-likeness (QED) is 0.628. The highest BCUT2D eigenvalue weighted by Crippen LogP contribution is 2.23. The Labute approximate surface area is 129 Å². The molecule has 4 heteroatoms. The lowest BCUT2D eigenvalue weighted by Gasteiger charge is -2.09. The first kappa shape index (κ1) is 15.1. The van der Waals surface area contributed by atoms with E-state index in [0.717, 1.165) is 11.4 Å². The van der Waals surface area contributed by atoms with E-state index in [2.05, 4.69) is 5.32 Å². The van der Waals surface area contributed by atoms with Gasteiger partial charge >= 0.3 is 0 Å².